The first-order chi connectivity index (χ1) is 13.4. The van der Waals surface area contributed by atoms with E-state index in [1.165, 1.54) is 0 Å². The Morgan fingerprint density at radius 1 is 1.07 bits per heavy atom. The fourth-order valence-electron chi connectivity index (χ4n) is 3.80. The molecule has 1 aromatic carbocycles. The lowest BCUT2D eigenvalue weighted by Gasteiger charge is -2.36. The van der Waals surface area contributed by atoms with Crippen molar-refractivity contribution in [3.63, 3.8) is 0 Å². The van der Waals surface area contributed by atoms with Crippen LogP contribution in [0.5, 0.6) is 0 Å². The topological polar surface area (TPSA) is 60.9 Å². The summed E-state index contributed by atoms with van der Waals surface area (Å²) in [6, 6.07) is 7.87. The minimum Gasteiger partial charge on any atom is -0.339 e. The third-order valence-electron chi connectivity index (χ3n) is 5.39. The van der Waals surface area contributed by atoms with Crippen LogP contribution in [0.3, 0.4) is 0 Å². The first-order valence-electron chi connectivity index (χ1n) is 9.90. The first-order valence-corrected chi connectivity index (χ1v) is 11.1. The van der Waals surface area contributed by atoms with Gasteiger partial charge < -0.3 is 14.7 Å². The number of carbonyl (C=O) groups excluding carboxylic acids is 3. The number of nitrogens with zero attached hydrogens (tertiary/aromatic N) is 3. The van der Waals surface area contributed by atoms with Crippen LogP contribution in [0.4, 0.5) is 5.69 Å². The summed E-state index contributed by atoms with van der Waals surface area (Å²) >= 11 is 1.66. The predicted octanol–water partition coefficient (Wildman–Crippen LogP) is 2.48. The number of carbonyl (C=O) groups is 3. The van der Waals surface area contributed by atoms with E-state index in [9.17, 15) is 14.4 Å². The van der Waals surface area contributed by atoms with Gasteiger partial charge in [-0.25, -0.2) is 0 Å². The second kappa shape index (κ2) is 8.99. The number of piperazine rings is 1. The molecule has 0 saturated carbocycles. The molecule has 6 nitrogen and oxygen atoms in total. The van der Waals surface area contributed by atoms with Gasteiger partial charge in [0.15, 0.2) is 0 Å². The summed E-state index contributed by atoms with van der Waals surface area (Å²) in [6.07, 6.45) is 2.83. The molecule has 2 aliphatic heterocycles. The van der Waals surface area contributed by atoms with E-state index >= 15 is 0 Å². The maximum absolute atomic E-state index is 12.9. The van der Waals surface area contributed by atoms with E-state index < -0.39 is 0 Å². The number of thioether (sulfide) groups is 1. The van der Waals surface area contributed by atoms with Gasteiger partial charge >= 0.3 is 0 Å². The lowest BCUT2D eigenvalue weighted by Crippen LogP contribution is -2.52. The Bertz CT molecular complexity index is 727. The summed E-state index contributed by atoms with van der Waals surface area (Å²) < 4.78 is 0. The van der Waals surface area contributed by atoms with E-state index in [1.54, 1.807) is 16.7 Å². The van der Waals surface area contributed by atoms with E-state index in [0.29, 0.717) is 45.1 Å². The molecule has 1 unspecified atom stereocenters. The highest BCUT2D eigenvalue weighted by atomic mass is 32.2. The minimum absolute atomic E-state index is 0.000925. The van der Waals surface area contributed by atoms with E-state index in [-0.39, 0.29) is 30.1 Å². The highest BCUT2D eigenvalue weighted by Crippen LogP contribution is 2.28. The van der Waals surface area contributed by atoms with Crippen LogP contribution in [0.1, 0.15) is 26.7 Å². The second-order valence-electron chi connectivity index (χ2n) is 7.91. The van der Waals surface area contributed by atoms with Crippen molar-refractivity contribution >= 4 is 35.2 Å². The molecule has 2 fully saturated rings. The van der Waals surface area contributed by atoms with Crippen LogP contribution < -0.4 is 4.90 Å². The van der Waals surface area contributed by atoms with E-state index in [2.05, 4.69) is 0 Å². The van der Waals surface area contributed by atoms with Gasteiger partial charge in [0.05, 0.1) is 5.92 Å². The number of benzene rings is 1. The highest BCUT2D eigenvalue weighted by molar-refractivity contribution is 7.98. The van der Waals surface area contributed by atoms with Crippen molar-refractivity contribution in [3.8, 4) is 0 Å². The summed E-state index contributed by atoms with van der Waals surface area (Å²) in [6.45, 7) is 6.77. The molecule has 152 valence electrons. The van der Waals surface area contributed by atoms with Gasteiger partial charge in [-0.05, 0) is 36.4 Å². The van der Waals surface area contributed by atoms with Crippen molar-refractivity contribution in [2.24, 2.45) is 11.8 Å². The molecule has 3 amide bonds. The monoisotopic (exact) mass is 403 g/mol. The molecule has 7 heteroatoms. The van der Waals surface area contributed by atoms with Gasteiger partial charge in [0.1, 0.15) is 0 Å². The van der Waals surface area contributed by atoms with E-state index in [4.69, 9.17) is 0 Å². The minimum atomic E-state index is -0.300. The SMILES string of the molecule is CSc1ccc(N2CC(C(=O)N3CCN(C(=O)CC(C)C)CC3)CC2=O)cc1. The standard InChI is InChI=1S/C21H29N3O3S/c1-15(2)12-19(25)22-8-10-23(11-9-22)21(27)16-13-20(26)24(14-16)17-4-6-18(28-3)7-5-17/h4-7,15-16H,8-14H2,1-3H3. The normalized spacial score (nSPS) is 20.2. The van der Waals surface area contributed by atoms with Crippen LogP contribution in [0.25, 0.3) is 0 Å². The van der Waals surface area contributed by atoms with Gasteiger partial charge in [-0.3, -0.25) is 14.4 Å². The molecular weight excluding hydrogens is 374 g/mol. The van der Waals surface area contributed by atoms with Gasteiger partial charge in [0, 0.05) is 56.1 Å². The van der Waals surface area contributed by atoms with Crippen LogP contribution in [-0.2, 0) is 14.4 Å². The first kappa shape index (κ1) is 20.7. The Morgan fingerprint density at radius 3 is 2.25 bits per heavy atom. The summed E-state index contributed by atoms with van der Waals surface area (Å²) in [7, 11) is 0. The van der Waals surface area contributed by atoms with Crippen molar-refractivity contribution in [2.45, 2.75) is 31.6 Å². The molecule has 2 saturated heterocycles. The maximum Gasteiger partial charge on any atom is 0.228 e. The molecule has 2 aliphatic rings. The van der Waals surface area contributed by atoms with Crippen LogP contribution >= 0.6 is 11.8 Å². The fraction of sp³-hybridized carbons (Fsp3) is 0.571. The van der Waals surface area contributed by atoms with Crippen molar-refractivity contribution < 1.29 is 14.4 Å². The zero-order valence-corrected chi connectivity index (χ0v) is 17.7. The highest BCUT2D eigenvalue weighted by Gasteiger charge is 2.38. The Labute approximate surface area is 171 Å². The zero-order chi connectivity index (χ0) is 20.3. The van der Waals surface area contributed by atoms with Gasteiger partial charge in [0.2, 0.25) is 17.7 Å². The number of amides is 3. The van der Waals surface area contributed by atoms with Gasteiger partial charge in [-0.15, -0.1) is 11.8 Å². The van der Waals surface area contributed by atoms with Gasteiger partial charge in [-0.1, -0.05) is 13.8 Å². The predicted molar refractivity (Wildman–Crippen MR) is 111 cm³/mol. The quantitative estimate of drug-likeness (QED) is 0.709. The third kappa shape index (κ3) is 4.69. The van der Waals surface area contributed by atoms with Crippen molar-refractivity contribution in [2.75, 3.05) is 43.9 Å². The molecule has 3 rings (SSSR count). The van der Waals surface area contributed by atoms with Crippen molar-refractivity contribution in [1.82, 2.24) is 9.80 Å². The summed E-state index contributed by atoms with van der Waals surface area (Å²) in [4.78, 5) is 44.1. The molecule has 28 heavy (non-hydrogen) atoms. The molecule has 0 aromatic heterocycles. The van der Waals surface area contributed by atoms with Crippen LogP contribution in [-0.4, -0.2) is 66.5 Å². The molecule has 0 bridgehead atoms. The van der Waals surface area contributed by atoms with E-state index in [1.807, 2.05) is 54.2 Å². The molecular formula is C21H29N3O3S. The molecule has 0 aliphatic carbocycles. The Kier molecular flexibility index (Phi) is 6.65. The Hall–Kier alpha value is -2.02. The lowest BCUT2D eigenvalue weighted by atomic mass is 10.1. The van der Waals surface area contributed by atoms with Crippen molar-refractivity contribution in [3.05, 3.63) is 24.3 Å². The maximum atomic E-state index is 12.9. The Balaban J connectivity index is 1.55. The second-order valence-corrected chi connectivity index (χ2v) is 8.79. The third-order valence-corrected chi connectivity index (χ3v) is 6.13. The van der Waals surface area contributed by atoms with Gasteiger partial charge in [0.25, 0.3) is 0 Å². The number of hydrogen-bond donors (Lipinski definition) is 0. The van der Waals surface area contributed by atoms with Crippen LogP contribution in [0.15, 0.2) is 29.2 Å². The summed E-state index contributed by atoms with van der Waals surface area (Å²) in [5.41, 5.74) is 0.849. The largest absolute Gasteiger partial charge is 0.339 e. The molecule has 0 N–H and O–H groups in total. The number of rotatable bonds is 5. The molecule has 2 heterocycles. The molecule has 1 atom stereocenters. The summed E-state index contributed by atoms with van der Waals surface area (Å²) in [5.74, 6) is 0.241. The van der Waals surface area contributed by atoms with E-state index in [0.717, 1.165) is 10.6 Å². The molecule has 0 radical (unpaired) electrons. The number of anilines is 1. The molecule has 0 spiro atoms. The summed E-state index contributed by atoms with van der Waals surface area (Å²) in [5, 5.41) is 0. The Morgan fingerprint density at radius 2 is 1.68 bits per heavy atom. The zero-order valence-electron chi connectivity index (χ0n) is 16.9. The smallest absolute Gasteiger partial charge is 0.228 e. The van der Waals surface area contributed by atoms with Crippen LogP contribution in [0, 0.1) is 11.8 Å². The lowest BCUT2D eigenvalue weighted by molar-refractivity contribution is -0.142. The number of hydrogen-bond acceptors (Lipinski definition) is 4. The van der Waals surface area contributed by atoms with Gasteiger partial charge in [-0.2, -0.15) is 0 Å². The average Bonchev–Trinajstić information content (AvgIpc) is 3.08. The average molecular weight is 404 g/mol. The van der Waals surface area contributed by atoms with Crippen LogP contribution in [0.2, 0.25) is 0 Å². The fourth-order valence-corrected chi connectivity index (χ4v) is 4.21. The van der Waals surface area contributed by atoms with Crippen molar-refractivity contribution in [1.29, 1.82) is 0 Å². The molecule has 1 aromatic rings.